The molecule has 174 valence electrons. The van der Waals surface area contributed by atoms with Crippen LogP contribution in [0.2, 0.25) is 0 Å². The highest BCUT2D eigenvalue weighted by molar-refractivity contribution is 14.0. The quantitative estimate of drug-likeness (QED) is 0.322. The van der Waals surface area contributed by atoms with Crippen LogP contribution in [0.5, 0.6) is 17.2 Å². The number of aliphatic imine (C=N–C) groups is 1. The van der Waals surface area contributed by atoms with Crippen LogP contribution < -0.4 is 14.8 Å². The van der Waals surface area contributed by atoms with Gasteiger partial charge >= 0.3 is 0 Å². The first-order chi connectivity index (χ1) is 15.1. The Morgan fingerprint density at radius 3 is 2.00 bits per heavy atom. The van der Waals surface area contributed by atoms with Gasteiger partial charge in [0.1, 0.15) is 17.2 Å². The van der Waals surface area contributed by atoms with Crippen molar-refractivity contribution in [1.29, 1.82) is 0 Å². The number of hydrogen-bond acceptors (Lipinski definition) is 4. The average molecular weight is 552 g/mol. The average Bonchev–Trinajstić information content (AvgIpc) is 2.80. The number of ether oxygens (including phenoxy) is 2. The summed E-state index contributed by atoms with van der Waals surface area (Å²) >= 11 is 0. The van der Waals surface area contributed by atoms with E-state index in [4.69, 9.17) is 14.5 Å². The number of piperazine rings is 1. The monoisotopic (exact) mass is 552 g/mol. The van der Waals surface area contributed by atoms with Crippen molar-refractivity contribution >= 4 is 35.8 Å². The van der Waals surface area contributed by atoms with Crippen LogP contribution in [0, 0.1) is 0 Å². The third-order valence-corrected chi connectivity index (χ3v) is 5.24. The smallest absolute Gasteiger partial charge is 0.219 e. The Hall–Kier alpha value is -2.49. The van der Waals surface area contributed by atoms with Crippen molar-refractivity contribution in [1.82, 2.24) is 15.1 Å². The van der Waals surface area contributed by atoms with Crippen LogP contribution in [0.25, 0.3) is 0 Å². The van der Waals surface area contributed by atoms with Gasteiger partial charge in [0.15, 0.2) is 5.96 Å². The number of carbonyl (C=O) groups is 1. The highest BCUT2D eigenvalue weighted by atomic mass is 127. The topological polar surface area (TPSA) is 66.4 Å². The van der Waals surface area contributed by atoms with E-state index in [1.807, 2.05) is 41.3 Å². The van der Waals surface area contributed by atoms with Crippen LogP contribution in [0.3, 0.4) is 0 Å². The van der Waals surface area contributed by atoms with Gasteiger partial charge in [0.05, 0.1) is 7.11 Å². The number of carbonyl (C=O) groups excluding carboxylic acids is 1. The molecule has 2 aromatic carbocycles. The molecule has 3 rings (SSSR count). The summed E-state index contributed by atoms with van der Waals surface area (Å²) in [6.45, 7) is 8.33. The third-order valence-electron chi connectivity index (χ3n) is 5.24. The Morgan fingerprint density at radius 2 is 1.47 bits per heavy atom. The molecule has 0 atom stereocenters. The number of rotatable bonds is 7. The van der Waals surface area contributed by atoms with E-state index in [0.29, 0.717) is 6.54 Å². The Morgan fingerprint density at radius 1 is 0.938 bits per heavy atom. The first-order valence-corrected chi connectivity index (χ1v) is 10.8. The molecule has 1 aliphatic rings. The molecule has 1 amide bonds. The Bertz CT molecular complexity index is 864. The first-order valence-electron chi connectivity index (χ1n) is 10.8. The van der Waals surface area contributed by atoms with Crippen molar-refractivity contribution in [2.75, 3.05) is 46.4 Å². The third kappa shape index (κ3) is 7.58. The predicted octanol–water partition coefficient (Wildman–Crippen LogP) is 3.78. The molecule has 1 heterocycles. The fourth-order valence-electron chi connectivity index (χ4n) is 3.45. The molecule has 0 saturated carbocycles. The zero-order chi connectivity index (χ0) is 22.1. The number of halogens is 1. The van der Waals surface area contributed by atoms with Crippen molar-refractivity contribution in [3.05, 3.63) is 54.1 Å². The van der Waals surface area contributed by atoms with Crippen LogP contribution in [0.1, 0.15) is 19.4 Å². The van der Waals surface area contributed by atoms with E-state index in [0.717, 1.165) is 62.4 Å². The molecule has 1 aliphatic heterocycles. The molecule has 1 N–H and O–H groups in total. The van der Waals surface area contributed by atoms with Crippen molar-refractivity contribution < 1.29 is 14.3 Å². The molecule has 0 aliphatic carbocycles. The van der Waals surface area contributed by atoms with Gasteiger partial charge in [-0.1, -0.05) is 12.1 Å². The number of hydrogen-bond donors (Lipinski definition) is 1. The fourth-order valence-corrected chi connectivity index (χ4v) is 3.45. The molecule has 0 bridgehead atoms. The van der Waals surface area contributed by atoms with Gasteiger partial charge in [0.25, 0.3) is 0 Å². The summed E-state index contributed by atoms with van der Waals surface area (Å²) in [6.07, 6.45) is 0.852. The fraction of sp³-hybridized carbons (Fsp3) is 0.417. The first kappa shape index (κ1) is 25.8. The second-order valence-electron chi connectivity index (χ2n) is 7.40. The highest BCUT2D eigenvalue weighted by Gasteiger charge is 2.20. The second kappa shape index (κ2) is 13.1. The van der Waals surface area contributed by atoms with Gasteiger partial charge in [0, 0.05) is 46.2 Å². The van der Waals surface area contributed by atoms with Gasteiger partial charge in [-0.05, 0) is 55.3 Å². The lowest BCUT2D eigenvalue weighted by Crippen LogP contribution is -2.53. The molecule has 0 radical (unpaired) electrons. The molecule has 32 heavy (non-hydrogen) atoms. The standard InChI is InChI=1S/C24H32N4O3.HI/c1-4-25-24(28-17-15-27(16-18-28)19(2)29)26-14-13-20-5-7-22(8-6-20)31-23-11-9-21(30-3)10-12-23;/h5-12H,4,13-18H2,1-3H3,(H,25,26);1H. The summed E-state index contributed by atoms with van der Waals surface area (Å²) in [6, 6.07) is 15.7. The molecular weight excluding hydrogens is 519 g/mol. The lowest BCUT2D eigenvalue weighted by Gasteiger charge is -2.36. The molecule has 1 fully saturated rings. The van der Waals surface area contributed by atoms with E-state index in [-0.39, 0.29) is 29.9 Å². The van der Waals surface area contributed by atoms with Gasteiger partial charge in [-0.3, -0.25) is 9.79 Å². The van der Waals surface area contributed by atoms with E-state index in [9.17, 15) is 4.79 Å². The molecule has 1 saturated heterocycles. The maximum absolute atomic E-state index is 11.5. The van der Waals surface area contributed by atoms with Crippen LogP contribution >= 0.6 is 24.0 Å². The van der Waals surface area contributed by atoms with E-state index >= 15 is 0 Å². The minimum absolute atomic E-state index is 0. The minimum atomic E-state index is 0. The van der Waals surface area contributed by atoms with E-state index in [1.165, 1.54) is 5.56 Å². The van der Waals surface area contributed by atoms with Crippen molar-refractivity contribution in [3.63, 3.8) is 0 Å². The van der Waals surface area contributed by atoms with Crippen LogP contribution in [-0.2, 0) is 11.2 Å². The van der Waals surface area contributed by atoms with Crippen LogP contribution in [0.4, 0.5) is 0 Å². The van der Waals surface area contributed by atoms with Gasteiger partial charge in [-0.25, -0.2) is 0 Å². The van der Waals surface area contributed by atoms with Crippen molar-refractivity contribution in [3.8, 4) is 17.2 Å². The van der Waals surface area contributed by atoms with E-state index < -0.39 is 0 Å². The van der Waals surface area contributed by atoms with Crippen molar-refractivity contribution in [2.45, 2.75) is 20.3 Å². The van der Waals surface area contributed by atoms with Crippen LogP contribution in [-0.4, -0.2) is 68.0 Å². The lowest BCUT2D eigenvalue weighted by atomic mass is 10.1. The summed E-state index contributed by atoms with van der Waals surface area (Å²) in [4.78, 5) is 20.4. The predicted molar refractivity (Wildman–Crippen MR) is 138 cm³/mol. The summed E-state index contributed by atoms with van der Waals surface area (Å²) in [5.41, 5.74) is 1.21. The SMILES string of the molecule is CCNC(=NCCc1ccc(Oc2ccc(OC)cc2)cc1)N1CCN(C(C)=O)CC1.I. The summed E-state index contributed by atoms with van der Waals surface area (Å²) < 4.78 is 11.1. The summed E-state index contributed by atoms with van der Waals surface area (Å²) in [5.74, 6) is 3.44. The van der Waals surface area contributed by atoms with E-state index in [1.54, 1.807) is 14.0 Å². The minimum Gasteiger partial charge on any atom is -0.497 e. The molecule has 7 nitrogen and oxygen atoms in total. The lowest BCUT2D eigenvalue weighted by molar-refractivity contribution is -0.130. The van der Waals surface area contributed by atoms with Gasteiger partial charge in [-0.2, -0.15) is 0 Å². The molecule has 8 heteroatoms. The number of nitrogens with zero attached hydrogens (tertiary/aromatic N) is 3. The molecule has 0 spiro atoms. The maximum Gasteiger partial charge on any atom is 0.219 e. The Kier molecular flexibility index (Phi) is 10.6. The maximum atomic E-state index is 11.5. The Balaban J connectivity index is 0.00000363. The molecular formula is C24H33IN4O3. The number of benzene rings is 2. The van der Waals surface area contributed by atoms with Gasteiger partial charge in [-0.15, -0.1) is 24.0 Å². The highest BCUT2D eigenvalue weighted by Crippen LogP contribution is 2.24. The number of amides is 1. The largest absolute Gasteiger partial charge is 0.497 e. The zero-order valence-electron chi connectivity index (χ0n) is 19.0. The molecule has 0 unspecified atom stereocenters. The second-order valence-corrected chi connectivity index (χ2v) is 7.40. The Labute approximate surface area is 207 Å². The number of guanidine groups is 1. The number of nitrogens with one attached hydrogen (secondary N) is 1. The molecule has 0 aromatic heterocycles. The van der Waals surface area contributed by atoms with E-state index in [2.05, 4.69) is 29.3 Å². The van der Waals surface area contributed by atoms with Gasteiger partial charge < -0.3 is 24.6 Å². The normalized spacial score (nSPS) is 13.9. The van der Waals surface area contributed by atoms with Crippen molar-refractivity contribution in [2.24, 2.45) is 4.99 Å². The molecule has 2 aromatic rings. The summed E-state index contributed by atoms with van der Waals surface area (Å²) in [5, 5.41) is 3.37. The van der Waals surface area contributed by atoms with Crippen LogP contribution in [0.15, 0.2) is 53.5 Å². The number of methoxy groups -OCH3 is 1. The zero-order valence-corrected chi connectivity index (χ0v) is 21.4. The summed E-state index contributed by atoms with van der Waals surface area (Å²) in [7, 11) is 1.65. The van der Waals surface area contributed by atoms with Gasteiger partial charge in [0.2, 0.25) is 5.91 Å².